The Labute approximate surface area is 196 Å². The molecule has 8 nitrogen and oxygen atoms in total. The second kappa shape index (κ2) is 13.3. The second-order valence-corrected chi connectivity index (χ2v) is 8.49. The first-order chi connectivity index (χ1) is 15.6. The third kappa shape index (κ3) is 8.99. The Balaban J connectivity index is 3.24. The van der Waals surface area contributed by atoms with Gasteiger partial charge in [0.05, 0.1) is 6.61 Å². The molecule has 0 saturated heterocycles. The number of terminal acetylenes is 1. The second-order valence-electron chi connectivity index (χ2n) is 8.49. The van der Waals surface area contributed by atoms with Gasteiger partial charge in [0, 0.05) is 12.6 Å². The number of aliphatic hydroxyl groups is 1. The number of hydrogen-bond acceptors (Lipinski definition) is 5. The molecule has 8 heteroatoms. The Kier molecular flexibility index (Phi) is 11.2. The van der Waals surface area contributed by atoms with Gasteiger partial charge in [0.2, 0.25) is 5.91 Å². The molecule has 0 aliphatic carbocycles. The number of ether oxygens (including phenoxy) is 1. The molecule has 0 aliphatic rings. The van der Waals surface area contributed by atoms with E-state index >= 15 is 0 Å². The number of rotatable bonds is 11. The average molecular weight is 458 g/mol. The molecule has 0 radical (unpaired) electrons. The Morgan fingerprint density at radius 3 is 2.55 bits per heavy atom. The summed E-state index contributed by atoms with van der Waals surface area (Å²) in [5, 5.41) is 14.9. The predicted octanol–water partition coefficient (Wildman–Crippen LogP) is 2.98. The van der Waals surface area contributed by atoms with Gasteiger partial charge in [-0.05, 0) is 44.4 Å². The van der Waals surface area contributed by atoms with E-state index in [2.05, 4.69) is 30.2 Å². The van der Waals surface area contributed by atoms with E-state index in [4.69, 9.17) is 11.2 Å². The van der Waals surface area contributed by atoms with E-state index in [1.165, 1.54) is 0 Å². The van der Waals surface area contributed by atoms with Crippen LogP contribution in [-0.4, -0.2) is 52.7 Å². The van der Waals surface area contributed by atoms with E-state index in [1.807, 2.05) is 0 Å². The largest absolute Gasteiger partial charge is 0.444 e. The third-order valence-corrected chi connectivity index (χ3v) is 4.60. The van der Waals surface area contributed by atoms with Crippen LogP contribution in [-0.2, 0) is 14.3 Å². The zero-order valence-corrected chi connectivity index (χ0v) is 19.9. The van der Waals surface area contributed by atoms with Crippen molar-refractivity contribution in [2.45, 2.75) is 64.6 Å². The molecule has 1 aromatic rings. The van der Waals surface area contributed by atoms with E-state index < -0.39 is 42.2 Å². The van der Waals surface area contributed by atoms with Gasteiger partial charge in [-0.15, -0.1) is 0 Å². The zero-order chi connectivity index (χ0) is 25.0. The predicted molar refractivity (Wildman–Crippen MR) is 128 cm³/mol. The number of nitrogens with one attached hydrogen (secondary N) is 2. The van der Waals surface area contributed by atoms with Gasteiger partial charge in [-0.1, -0.05) is 57.0 Å². The molecule has 2 atom stereocenters. The van der Waals surface area contributed by atoms with Crippen LogP contribution in [0.3, 0.4) is 0 Å². The summed E-state index contributed by atoms with van der Waals surface area (Å²) in [6.07, 6.45) is 9.10. The van der Waals surface area contributed by atoms with Gasteiger partial charge in [-0.2, -0.15) is 0 Å². The van der Waals surface area contributed by atoms with E-state index in [-0.39, 0.29) is 0 Å². The fraction of sp³-hybridized carbons (Fsp3) is 0.480. The molecule has 180 valence electrons. The van der Waals surface area contributed by atoms with Crippen molar-refractivity contribution in [2.24, 2.45) is 0 Å². The molecular weight excluding hydrogens is 422 g/mol. The van der Waals surface area contributed by atoms with Gasteiger partial charge < -0.3 is 20.5 Å². The summed E-state index contributed by atoms with van der Waals surface area (Å²) in [6.45, 7) is 10.5. The van der Waals surface area contributed by atoms with E-state index in [9.17, 15) is 19.5 Å². The van der Waals surface area contributed by atoms with Crippen LogP contribution in [0.25, 0.3) is 6.08 Å². The maximum atomic E-state index is 13.2. The maximum absolute atomic E-state index is 13.2. The van der Waals surface area contributed by atoms with Crippen molar-refractivity contribution < 1.29 is 24.2 Å². The summed E-state index contributed by atoms with van der Waals surface area (Å²) in [6, 6.07) is 6.60. The minimum absolute atomic E-state index is 0.427. The molecule has 0 aromatic heterocycles. The lowest BCUT2D eigenvalue weighted by Gasteiger charge is -2.30. The van der Waals surface area contributed by atoms with Gasteiger partial charge in [-0.25, -0.2) is 4.79 Å². The minimum atomic E-state index is -1.39. The molecule has 2 unspecified atom stereocenters. The standard InChI is InChI=1S/C25H35N3O5/c1-7-10-11-15-26-22(30)21(19-14-12-13-18(8-2)16-19)28(9-3)23(31)20(17-29)27-24(32)33-25(4,5)6/h3,8,12-14,16,20-21,29H,2,7,10-11,15,17H2,1,4-6H3,(H,26,30)(H,27,32). The van der Waals surface area contributed by atoms with Gasteiger partial charge in [-0.3, -0.25) is 14.5 Å². The number of carbonyl (C=O) groups excluding carboxylic acids is 3. The van der Waals surface area contributed by atoms with Crippen molar-refractivity contribution in [2.75, 3.05) is 13.2 Å². The number of nitrogens with zero attached hydrogens (tertiary/aromatic N) is 1. The molecule has 0 aliphatic heterocycles. The van der Waals surface area contributed by atoms with Crippen molar-refractivity contribution >= 4 is 24.0 Å². The van der Waals surface area contributed by atoms with Crippen LogP contribution in [0.15, 0.2) is 30.8 Å². The number of benzene rings is 1. The smallest absolute Gasteiger partial charge is 0.408 e. The molecule has 0 spiro atoms. The fourth-order valence-corrected chi connectivity index (χ4v) is 3.03. The summed E-state index contributed by atoms with van der Waals surface area (Å²) in [5.41, 5.74) is 0.414. The summed E-state index contributed by atoms with van der Waals surface area (Å²) in [5.74, 6) is -1.28. The van der Waals surface area contributed by atoms with Crippen LogP contribution in [0.1, 0.15) is 64.1 Å². The van der Waals surface area contributed by atoms with E-state index in [0.29, 0.717) is 12.1 Å². The van der Waals surface area contributed by atoms with E-state index in [1.54, 1.807) is 51.1 Å². The topological polar surface area (TPSA) is 108 Å². The van der Waals surface area contributed by atoms with Gasteiger partial charge >= 0.3 is 6.09 Å². The van der Waals surface area contributed by atoms with Crippen molar-refractivity contribution in [3.63, 3.8) is 0 Å². The lowest BCUT2D eigenvalue weighted by molar-refractivity contribution is -0.139. The Bertz CT molecular complexity index is 870. The molecule has 3 N–H and O–H groups in total. The highest BCUT2D eigenvalue weighted by Gasteiger charge is 2.35. The highest BCUT2D eigenvalue weighted by atomic mass is 16.6. The summed E-state index contributed by atoms with van der Waals surface area (Å²) in [7, 11) is 0. The number of alkyl carbamates (subject to hydrolysis) is 1. The molecule has 0 saturated carbocycles. The quantitative estimate of drug-likeness (QED) is 0.269. The first kappa shape index (κ1) is 27.7. The summed E-state index contributed by atoms with van der Waals surface area (Å²) >= 11 is 0. The van der Waals surface area contributed by atoms with Crippen LogP contribution in [0.5, 0.6) is 0 Å². The molecule has 33 heavy (non-hydrogen) atoms. The van der Waals surface area contributed by atoms with Crippen molar-refractivity contribution in [1.29, 1.82) is 0 Å². The summed E-state index contributed by atoms with van der Waals surface area (Å²) in [4.78, 5) is 39.4. The summed E-state index contributed by atoms with van der Waals surface area (Å²) < 4.78 is 5.16. The zero-order valence-electron chi connectivity index (χ0n) is 19.9. The van der Waals surface area contributed by atoms with Crippen molar-refractivity contribution in [1.82, 2.24) is 15.5 Å². The lowest BCUT2D eigenvalue weighted by atomic mass is 10.0. The van der Waals surface area contributed by atoms with Crippen LogP contribution >= 0.6 is 0 Å². The van der Waals surface area contributed by atoms with Gasteiger partial charge in [0.15, 0.2) is 0 Å². The number of unbranched alkanes of at least 4 members (excludes halogenated alkanes) is 2. The van der Waals surface area contributed by atoms with Gasteiger partial charge in [0.25, 0.3) is 5.91 Å². The number of aliphatic hydroxyl groups excluding tert-OH is 1. The minimum Gasteiger partial charge on any atom is -0.444 e. The van der Waals surface area contributed by atoms with E-state index in [0.717, 1.165) is 29.7 Å². The highest BCUT2D eigenvalue weighted by molar-refractivity contribution is 5.93. The molecule has 0 bridgehead atoms. The molecule has 0 heterocycles. The molecule has 1 rings (SSSR count). The molecule has 3 amide bonds. The SMILES string of the molecule is C#CN(C(=O)C(CO)NC(=O)OC(C)(C)C)C(C(=O)NCCCCC)c1cccc(C=C)c1. The Hall–Kier alpha value is -3.31. The highest BCUT2D eigenvalue weighted by Crippen LogP contribution is 2.23. The number of carbonyl (C=O) groups is 3. The van der Waals surface area contributed by atoms with Crippen LogP contribution < -0.4 is 10.6 Å². The van der Waals surface area contributed by atoms with Crippen LogP contribution in [0.4, 0.5) is 4.79 Å². The fourth-order valence-electron chi connectivity index (χ4n) is 3.03. The van der Waals surface area contributed by atoms with Crippen LogP contribution in [0.2, 0.25) is 0 Å². The third-order valence-electron chi connectivity index (χ3n) is 4.60. The molecule has 1 aromatic carbocycles. The molecule has 0 fully saturated rings. The number of hydrogen-bond donors (Lipinski definition) is 3. The van der Waals surface area contributed by atoms with Crippen molar-refractivity contribution in [3.05, 3.63) is 42.0 Å². The first-order valence-electron chi connectivity index (χ1n) is 11.0. The number of amides is 3. The van der Waals surface area contributed by atoms with Gasteiger partial charge in [0.1, 0.15) is 17.7 Å². The Morgan fingerprint density at radius 1 is 1.30 bits per heavy atom. The van der Waals surface area contributed by atoms with Crippen molar-refractivity contribution in [3.8, 4) is 12.5 Å². The maximum Gasteiger partial charge on any atom is 0.408 e. The lowest BCUT2D eigenvalue weighted by Crippen LogP contribution is -2.53. The normalized spacial score (nSPS) is 12.6. The average Bonchev–Trinajstić information content (AvgIpc) is 2.76. The molecular formula is C25H35N3O5. The first-order valence-corrected chi connectivity index (χ1v) is 11.0. The Morgan fingerprint density at radius 2 is 2.00 bits per heavy atom. The van der Waals surface area contributed by atoms with Crippen LogP contribution in [0, 0.1) is 12.5 Å². The monoisotopic (exact) mass is 457 g/mol.